The van der Waals surface area contributed by atoms with Gasteiger partial charge >= 0.3 is 5.97 Å². The van der Waals surface area contributed by atoms with E-state index >= 15 is 0 Å². The van der Waals surface area contributed by atoms with E-state index in [4.69, 9.17) is 11.6 Å². The molecule has 0 N–H and O–H groups in total. The number of rotatable bonds is 7. The van der Waals surface area contributed by atoms with Crippen LogP contribution in [-0.4, -0.2) is 50.0 Å². The van der Waals surface area contributed by atoms with Crippen LogP contribution in [0.2, 0.25) is 0 Å². The van der Waals surface area contributed by atoms with E-state index in [1.54, 1.807) is 13.8 Å². The first-order chi connectivity index (χ1) is 6.97. The van der Waals surface area contributed by atoms with Crippen molar-refractivity contribution in [2.75, 3.05) is 31.3 Å². The van der Waals surface area contributed by atoms with Crippen LogP contribution in [0.15, 0.2) is 0 Å². The van der Waals surface area contributed by atoms with Crippen molar-refractivity contribution in [1.29, 1.82) is 0 Å². The summed E-state index contributed by atoms with van der Waals surface area (Å²) in [5.41, 5.74) is 0. The molecular weight excluding hydrogens is 242 g/mol. The van der Waals surface area contributed by atoms with Gasteiger partial charge in [0.2, 0.25) is 10.0 Å². The largest absolute Gasteiger partial charge is 0.465 e. The molecule has 0 saturated carbocycles. The fourth-order valence-electron chi connectivity index (χ4n) is 0.984. The van der Waals surface area contributed by atoms with Gasteiger partial charge in [0.15, 0.2) is 0 Å². The maximum atomic E-state index is 11.5. The molecule has 0 amide bonds. The van der Waals surface area contributed by atoms with Crippen molar-refractivity contribution in [1.82, 2.24) is 4.31 Å². The van der Waals surface area contributed by atoms with E-state index in [1.807, 2.05) is 0 Å². The van der Waals surface area contributed by atoms with E-state index in [0.29, 0.717) is 0 Å². The summed E-state index contributed by atoms with van der Waals surface area (Å²) >= 11 is 5.36. The number of hydrogen-bond donors (Lipinski definition) is 0. The number of esters is 1. The van der Waals surface area contributed by atoms with Gasteiger partial charge in [0.05, 0.1) is 12.4 Å². The van der Waals surface area contributed by atoms with Gasteiger partial charge in [-0.05, 0) is 6.92 Å². The molecule has 0 spiro atoms. The fourth-order valence-corrected chi connectivity index (χ4v) is 2.72. The Bertz CT molecular complexity index is 291. The van der Waals surface area contributed by atoms with Crippen LogP contribution in [0.5, 0.6) is 0 Å². The summed E-state index contributed by atoms with van der Waals surface area (Å²) in [7, 11) is -3.44. The van der Waals surface area contributed by atoms with E-state index in [9.17, 15) is 13.2 Å². The number of carbonyl (C=O) groups is 1. The van der Waals surface area contributed by atoms with E-state index in [1.165, 1.54) is 0 Å². The zero-order valence-electron chi connectivity index (χ0n) is 8.90. The molecule has 90 valence electrons. The molecule has 7 heteroatoms. The Labute approximate surface area is 95.4 Å². The van der Waals surface area contributed by atoms with Crippen molar-refractivity contribution >= 4 is 27.6 Å². The highest BCUT2D eigenvalue weighted by molar-refractivity contribution is 7.89. The standard InChI is InChI=1S/C8H16ClNO4S/c1-3-10(7-8(11)14-4-2)15(12,13)6-5-9/h3-7H2,1-2H3. The highest BCUT2D eigenvalue weighted by Crippen LogP contribution is 2.02. The summed E-state index contributed by atoms with van der Waals surface area (Å²) < 4.78 is 28.8. The van der Waals surface area contributed by atoms with Crippen molar-refractivity contribution in [2.24, 2.45) is 0 Å². The van der Waals surface area contributed by atoms with Crippen LogP contribution < -0.4 is 0 Å². The SMILES string of the molecule is CCOC(=O)CN(CC)S(=O)(=O)CCCl. The third kappa shape index (κ3) is 5.34. The summed E-state index contributed by atoms with van der Waals surface area (Å²) in [4.78, 5) is 11.1. The molecule has 0 fully saturated rings. The summed E-state index contributed by atoms with van der Waals surface area (Å²) in [5.74, 6) is -0.693. The van der Waals surface area contributed by atoms with Gasteiger partial charge in [-0.1, -0.05) is 6.92 Å². The minimum atomic E-state index is -3.44. The topological polar surface area (TPSA) is 63.7 Å². The Morgan fingerprint density at radius 1 is 1.40 bits per heavy atom. The first-order valence-electron chi connectivity index (χ1n) is 4.67. The van der Waals surface area contributed by atoms with E-state index in [0.717, 1.165) is 4.31 Å². The van der Waals surface area contributed by atoms with Crippen molar-refractivity contribution in [2.45, 2.75) is 13.8 Å². The van der Waals surface area contributed by atoms with Crippen molar-refractivity contribution in [3.05, 3.63) is 0 Å². The van der Waals surface area contributed by atoms with Crippen LogP contribution in [0.3, 0.4) is 0 Å². The number of sulfonamides is 1. The lowest BCUT2D eigenvalue weighted by Gasteiger charge is -2.18. The monoisotopic (exact) mass is 257 g/mol. The lowest BCUT2D eigenvalue weighted by Crippen LogP contribution is -2.38. The van der Waals surface area contributed by atoms with Gasteiger partial charge in [-0.25, -0.2) is 8.42 Å². The Morgan fingerprint density at radius 3 is 2.40 bits per heavy atom. The van der Waals surface area contributed by atoms with Crippen LogP contribution in [0.25, 0.3) is 0 Å². The maximum absolute atomic E-state index is 11.5. The number of halogens is 1. The molecule has 0 aliphatic rings. The zero-order chi connectivity index (χ0) is 11.9. The lowest BCUT2D eigenvalue weighted by atomic mass is 10.6. The number of carbonyl (C=O) groups excluding carboxylic acids is 1. The minimum absolute atomic E-state index is 0.0155. The van der Waals surface area contributed by atoms with Crippen LogP contribution in [-0.2, 0) is 19.6 Å². The number of ether oxygens (including phenoxy) is 1. The van der Waals surface area contributed by atoms with Crippen LogP contribution in [0.1, 0.15) is 13.8 Å². The number of alkyl halides is 1. The van der Waals surface area contributed by atoms with E-state index in [-0.39, 0.29) is 31.3 Å². The summed E-state index contributed by atoms with van der Waals surface area (Å²) in [5, 5.41) is 0. The smallest absolute Gasteiger partial charge is 0.321 e. The number of likely N-dealkylation sites (N-methyl/N-ethyl adjacent to an activating group) is 1. The second kappa shape index (κ2) is 7.03. The second-order valence-corrected chi connectivity index (χ2v) is 5.20. The van der Waals surface area contributed by atoms with Crippen LogP contribution in [0.4, 0.5) is 0 Å². The van der Waals surface area contributed by atoms with Gasteiger partial charge < -0.3 is 4.74 Å². The van der Waals surface area contributed by atoms with Gasteiger partial charge in [-0.2, -0.15) is 4.31 Å². The maximum Gasteiger partial charge on any atom is 0.321 e. The summed E-state index contributed by atoms with van der Waals surface area (Å²) in [6, 6.07) is 0. The molecule has 0 heterocycles. The van der Waals surface area contributed by atoms with Gasteiger partial charge in [0, 0.05) is 12.4 Å². The molecule has 0 aliphatic heterocycles. The molecule has 0 atom stereocenters. The minimum Gasteiger partial charge on any atom is -0.465 e. The number of nitrogens with zero attached hydrogens (tertiary/aromatic N) is 1. The average Bonchev–Trinajstić information content (AvgIpc) is 2.14. The van der Waals surface area contributed by atoms with Gasteiger partial charge in [0.1, 0.15) is 6.54 Å². The molecule has 0 aromatic rings. The Hall–Kier alpha value is -0.330. The molecule has 0 aromatic heterocycles. The average molecular weight is 258 g/mol. The van der Waals surface area contributed by atoms with E-state index in [2.05, 4.69) is 4.74 Å². The molecule has 0 radical (unpaired) electrons. The molecule has 15 heavy (non-hydrogen) atoms. The molecule has 0 aliphatic carbocycles. The molecular formula is C8H16ClNO4S. The predicted octanol–water partition coefficient (Wildman–Crippen LogP) is 0.440. The molecule has 0 saturated heterocycles. The number of hydrogen-bond acceptors (Lipinski definition) is 4. The Morgan fingerprint density at radius 2 is 2.00 bits per heavy atom. The third-order valence-corrected chi connectivity index (χ3v) is 4.00. The third-order valence-electron chi connectivity index (χ3n) is 1.69. The van der Waals surface area contributed by atoms with Gasteiger partial charge in [-0.3, -0.25) is 4.79 Å². The summed E-state index contributed by atoms with van der Waals surface area (Å²) in [6.07, 6.45) is 0. The second-order valence-electron chi connectivity index (χ2n) is 2.74. The lowest BCUT2D eigenvalue weighted by molar-refractivity contribution is -0.143. The van der Waals surface area contributed by atoms with E-state index < -0.39 is 16.0 Å². The normalized spacial score (nSPS) is 11.7. The molecule has 0 bridgehead atoms. The van der Waals surface area contributed by atoms with Crippen LogP contribution in [0, 0.1) is 0 Å². The molecule has 5 nitrogen and oxygen atoms in total. The molecule has 0 rings (SSSR count). The van der Waals surface area contributed by atoms with Crippen molar-refractivity contribution < 1.29 is 17.9 Å². The first kappa shape index (κ1) is 14.7. The first-order valence-corrected chi connectivity index (χ1v) is 6.81. The predicted molar refractivity (Wildman–Crippen MR) is 58.4 cm³/mol. The van der Waals surface area contributed by atoms with Gasteiger partial charge in [0.25, 0.3) is 0 Å². The highest BCUT2D eigenvalue weighted by Gasteiger charge is 2.22. The zero-order valence-corrected chi connectivity index (χ0v) is 10.5. The molecule has 0 unspecified atom stereocenters. The van der Waals surface area contributed by atoms with Crippen LogP contribution >= 0.6 is 11.6 Å². The van der Waals surface area contributed by atoms with Crippen molar-refractivity contribution in [3.63, 3.8) is 0 Å². The van der Waals surface area contributed by atoms with Gasteiger partial charge in [-0.15, -0.1) is 11.6 Å². The fraction of sp³-hybridized carbons (Fsp3) is 0.875. The van der Waals surface area contributed by atoms with Crippen molar-refractivity contribution in [3.8, 4) is 0 Å². The highest BCUT2D eigenvalue weighted by atomic mass is 35.5. The summed E-state index contributed by atoms with van der Waals surface area (Å²) in [6.45, 7) is 3.56. The Kier molecular flexibility index (Phi) is 6.87. The molecule has 0 aromatic carbocycles. The Balaban J connectivity index is 4.43. The quantitative estimate of drug-likeness (QED) is 0.490.